The monoisotopic (exact) mass is 462 g/mol. The van der Waals surface area contributed by atoms with Crippen molar-refractivity contribution >= 4 is 18.0 Å². The Labute approximate surface area is 198 Å². The van der Waals surface area contributed by atoms with E-state index in [9.17, 15) is 19.5 Å². The lowest BCUT2D eigenvalue weighted by Gasteiger charge is -2.30. The number of rotatable bonds is 9. The molecule has 7 heteroatoms. The van der Waals surface area contributed by atoms with Crippen molar-refractivity contribution in [2.45, 2.75) is 44.4 Å². The van der Waals surface area contributed by atoms with Crippen molar-refractivity contribution in [3.05, 3.63) is 59.7 Å². The van der Waals surface area contributed by atoms with Gasteiger partial charge in [-0.25, -0.2) is 4.79 Å². The number of hydrogen-bond acceptors (Lipinski definition) is 4. The lowest BCUT2D eigenvalue weighted by molar-refractivity contribution is -0.146. The minimum Gasteiger partial charge on any atom is -0.481 e. The molecule has 1 atom stereocenters. The van der Waals surface area contributed by atoms with Crippen molar-refractivity contribution in [3.8, 4) is 11.1 Å². The highest BCUT2D eigenvalue weighted by Crippen LogP contribution is 2.73. The van der Waals surface area contributed by atoms with Gasteiger partial charge in [0.2, 0.25) is 5.91 Å². The van der Waals surface area contributed by atoms with E-state index in [1.165, 1.54) is 11.1 Å². The maximum atomic E-state index is 12.2. The number of aliphatic carboxylic acids is 1. The minimum absolute atomic E-state index is 0.00636. The molecular formula is C27H30N2O5. The fourth-order valence-corrected chi connectivity index (χ4v) is 5.85. The summed E-state index contributed by atoms with van der Waals surface area (Å²) in [5.41, 5.74) is 3.81. The van der Waals surface area contributed by atoms with Crippen LogP contribution in [-0.4, -0.2) is 42.8 Å². The van der Waals surface area contributed by atoms with Crippen LogP contribution >= 0.6 is 0 Å². The first-order valence-corrected chi connectivity index (χ1v) is 12.0. The van der Waals surface area contributed by atoms with E-state index in [-0.39, 0.29) is 36.8 Å². The zero-order valence-corrected chi connectivity index (χ0v) is 19.1. The largest absolute Gasteiger partial charge is 0.481 e. The lowest BCUT2D eigenvalue weighted by atomic mass is 9.75. The van der Waals surface area contributed by atoms with Crippen LogP contribution in [0.25, 0.3) is 11.1 Å². The van der Waals surface area contributed by atoms with Gasteiger partial charge in [0.15, 0.2) is 0 Å². The Morgan fingerprint density at radius 1 is 0.971 bits per heavy atom. The second kappa shape index (κ2) is 8.78. The van der Waals surface area contributed by atoms with Crippen LogP contribution in [0.4, 0.5) is 4.79 Å². The van der Waals surface area contributed by atoms with Crippen LogP contribution in [0.3, 0.4) is 0 Å². The summed E-state index contributed by atoms with van der Waals surface area (Å²) in [5, 5.41) is 15.1. The highest BCUT2D eigenvalue weighted by Gasteiger charge is 2.73. The SMILES string of the molecule is O=C(CCCNC(=O)OCC1c2ccccc2-c2ccccc21)NCC1(C(=O)O)CC12CCC2. The maximum absolute atomic E-state index is 12.2. The van der Waals surface area contributed by atoms with Gasteiger partial charge in [-0.1, -0.05) is 55.0 Å². The van der Waals surface area contributed by atoms with Gasteiger partial charge >= 0.3 is 12.1 Å². The number of hydrogen-bond donors (Lipinski definition) is 3. The number of benzene rings is 2. The minimum atomic E-state index is -0.801. The molecule has 2 fully saturated rings. The molecule has 0 aliphatic heterocycles. The Morgan fingerprint density at radius 3 is 2.18 bits per heavy atom. The molecule has 3 aliphatic carbocycles. The van der Waals surface area contributed by atoms with Crippen molar-refractivity contribution < 1.29 is 24.2 Å². The van der Waals surface area contributed by atoms with E-state index < -0.39 is 17.5 Å². The van der Waals surface area contributed by atoms with E-state index in [0.717, 1.165) is 30.4 Å². The number of amides is 2. The number of carboxylic acid groups (broad SMARTS) is 1. The summed E-state index contributed by atoms with van der Waals surface area (Å²) >= 11 is 0. The van der Waals surface area contributed by atoms with Gasteiger partial charge in [0, 0.05) is 25.4 Å². The van der Waals surface area contributed by atoms with Crippen LogP contribution in [0, 0.1) is 10.8 Å². The number of carbonyl (C=O) groups is 3. The van der Waals surface area contributed by atoms with Crippen molar-refractivity contribution in [1.29, 1.82) is 0 Å². The van der Waals surface area contributed by atoms with Gasteiger partial charge in [0.05, 0.1) is 5.41 Å². The Morgan fingerprint density at radius 2 is 1.62 bits per heavy atom. The Hall–Kier alpha value is -3.35. The Bertz CT molecular complexity index is 1080. The van der Waals surface area contributed by atoms with Crippen molar-refractivity contribution in [2.24, 2.45) is 10.8 Å². The highest BCUT2D eigenvalue weighted by molar-refractivity contribution is 5.83. The zero-order valence-electron chi connectivity index (χ0n) is 19.1. The number of carbonyl (C=O) groups excluding carboxylic acids is 2. The van der Waals surface area contributed by atoms with Crippen molar-refractivity contribution in [2.75, 3.05) is 19.7 Å². The van der Waals surface area contributed by atoms with Crippen LogP contribution in [0.15, 0.2) is 48.5 Å². The van der Waals surface area contributed by atoms with Gasteiger partial charge in [0.25, 0.3) is 0 Å². The van der Waals surface area contributed by atoms with Crippen LogP contribution in [0.2, 0.25) is 0 Å². The normalized spacial score (nSPS) is 21.2. The van der Waals surface area contributed by atoms with Gasteiger partial charge in [0.1, 0.15) is 6.61 Å². The number of carboxylic acids is 1. The molecule has 2 saturated carbocycles. The second-order valence-corrected chi connectivity index (χ2v) is 9.83. The number of alkyl carbamates (subject to hydrolysis) is 1. The molecule has 7 nitrogen and oxygen atoms in total. The second-order valence-electron chi connectivity index (χ2n) is 9.83. The smallest absolute Gasteiger partial charge is 0.407 e. The average molecular weight is 463 g/mol. The third-order valence-corrected chi connectivity index (χ3v) is 8.03. The van der Waals surface area contributed by atoms with Gasteiger partial charge in [-0.2, -0.15) is 0 Å². The van der Waals surface area contributed by atoms with Gasteiger partial charge in [-0.05, 0) is 53.4 Å². The summed E-state index contributed by atoms with van der Waals surface area (Å²) in [6.07, 6.45) is 3.81. The van der Waals surface area contributed by atoms with Crippen LogP contribution < -0.4 is 10.6 Å². The maximum Gasteiger partial charge on any atom is 0.407 e. The van der Waals surface area contributed by atoms with E-state index in [1.54, 1.807) is 0 Å². The van der Waals surface area contributed by atoms with Crippen molar-refractivity contribution in [1.82, 2.24) is 10.6 Å². The molecule has 178 valence electrons. The molecule has 1 unspecified atom stereocenters. The number of fused-ring (bicyclic) bond motifs is 3. The Balaban J connectivity index is 1.03. The first kappa shape index (κ1) is 22.4. The van der Waals surface area contributed by atoms with Crippen LogP contribution in [0.5, 0.6) is 0 Å². The van der Waals surface area contributed by atoms with E-state index in [4.69, 9.17) is 4.74 Å². The predicted octanol–water partition coefficient (Wildman–Crippen LogP) is 4.07. The van der Waals surface area contributed by atoms with E-state index in [1.807, 2.05) is 24.3 Å². The molecule has 0 radical (unpaired) electrons. The molecule has 1 spiro atoms. The predicted molar refractivity (Wildman–Crippen MR) is 126 cm³/mol. The molecule has 5 rings (SSSR count). The molecule has 2 aromatic rings. The molecule has 34 heavy (non-hydrogen) atoms. The molecule has 2 aromatic carbocycles. The van der Waals surface area contributed by atoms with E-state index >= 15 is 0 Å². The third-order valence-electron chi connectivity index (χ3n) is 8.03. The van der Waals surface area contributed by atoms with E-state index in [0.29, 0.717) is 19.4 Å². The van der Waals surface area contributed by atoms with E-state index in [2.05, 4.69) is 34.9 Å². The van der Waals surface area contributed by atoms with Gasteiger partial charge < -0.3 is 20.5 Å². The standard InChI is InChI=1S/C27H30N2O5/c30-23(29-17-27(24(31)32)16-26(27)12-6-13-26)11-5-14-28-25(33)34-15-22-20-9-3-1-7-18(20)19-8-2-4-10-21(19)22/h1-4,7-10,22H,5-6,11-17H2,(H,28,33)(H,29,30)(H,31,32). The molecule has 3 aliphatic rings. The molecular weight excluding hydrogens is 432 g/mol. The molecule has 0 saturated heterocycles. The molecule has 0 heterocycles. The average Bonchev–Trinajstić information content (AvgIpc) is 3.44. The summed E-state index contributed by atoms with van der Waals surface area (Å²) < 4.78 is 5.50. The van der Waals surface area contributed by atoms with Gasteiger partial charge in [-0.15, -0.1) is 0 Å². The molecule has 0 bridgehead atoms. The lowest BCUT2D eigenvalue weighted by Crippen LogP contribution is -2.39. The summed E-state index contributed by atoms with van der Waals surface area (Å²) in [4.78, 5) is 36.1. The summed E-state index contributed by atoms with van der Waals surface area (Å²) in [6.45, 7) is 0.762. The highest BCUT2D eigenvalue weighted by atomic mass is 16.5. The first-order chi connectivity index (χ1) is 16.5. The zero-order chi connectivity index (χ0) is 23.8. The fraction of sp³-hybridized carbons (Fsp3) is 0.444. The number of ether oxygens (including phenoxy) is 1. The van der Waals surface area contributed by atoms with Crippen LogP contribution in [0.1, 0.15) is 55.6 Å². The molecule has 2 amide bonds. The fourth-order valence-electron chi connectivity index (χ4n) is 5.85. The summed E-state index contributed by atoms with van der Waals surface area (Å²) in [7, 11) is 0. The Kier molecular flexibility index (Phi) is 5.80. The third kappa shape index (κ3) is 3.83. The van der Waals surface area contributed by atoms with Crippen molar-refractivity contribution in [3.63, 3.8) is 0 Å². The summed E-state index contributed by atoms with van der Waals surface area (Å²) in [5.74, 6) is -0.979. The quantitative estimate of drug-likeness (QED) is 0.488. The topological polar surface area (TPSA) is 105 Å². The number of nitrogens with one attached hydrogen (secondary N) is 2. The summed E-state index contributed by atoms with van der Waals surface area (Å²) in [6, 6.07) is 16.3. The molecule has 0 aromatic heterocycles. The molecule has 3 N–H and O–H groups in total. The van der Waals surface area contributed by atoms with Crippen LogP contribution in [-0.2, 0) is 14.3 Å². The first-order valence-electron chi connectivity index (χ1n) is 12.0. The van der Waals surface area contributed by atoms with Gasteiger partial charge in [-0.3, -0.25) is 9.59 Å².